The summed E-state index contributed by atoms with van der Waals surface area (Å²) in [7, 11) is -3.38. The molecule has 8 nitrogen and oxygen atoms in total. The fourth-order valence-corrected chi connectivity index (χ4v) is 7.37. The normalized spacial score (nSPS) is 15.8. The van der Waals surface area contributed by atoms with Gasteiger partial charge in [0.2, 0.25) is 0 Å². The molecule has 2 heterocycles. The summed E-state index contributed by atoms with van der Waals surface area (Å²) >= 11 is 3.55. The second kappa shape index (κ2) is 14.8. The van der Waals surface area contributed by atoms with Crippen LogP contribution in [-0.4, -0.2) is 37.2 Å². The number of hydrogen-bond acceptors (Lipinski definition) is 8. The van der Waals surface area contributed by atoms with Crippen LogP contribution in [0.25, 0.3) is 10.9 Å². The first-order chi connectivity index (χ1) is 23.2. The molecule has 0 saturated carbocycles. The number of nitrogens with one attached hydrogen (secondary N) is 2. The summed E-state index contributed by atoms with van der Waals surface area (Å²) < 4.78 is 67.0. The molecule has 0 amide bonds. The van der Waals surface area contributed by atoms with Gasteiger partial charge in [-0.1, -0.05) is 30.3 Å². The van der Waals surface area contributed by atoms with E-state index < -0.39 is 21.3 Å². The third kappa shape index (κ3) is 7.83. The third-order valence-corrected chi connectivity index (χ3v) is 10.5. The summed E-state index contributed by atoms with van der Waals surface area (Å²) in [6, 6.07) is 23.2. The molecule has 0 saturated heterocycles. The monoisotopic (exact) mass is 734 g/mol. The second-order valence-electron chi connectivity index (χ2n) is 11.4. The lowest BCUT2D eigenvalue weighted by molar-refractivity contribution is 0.0273. The third-order valence-electron chi connectivity index (χ3n) is 8.11. The first-order valence-electron chi connectivity index (χ1n) is 15.4. The molecule has 1 aliphatic heterocycles. The zero-order chi connectivity index (χ0) is 33.6. The minimum atomic E-state index is -3.38. The zero-order valence-corrected chi connectivity index (χ0v) is 28.2. The summed E-state index contributed by atoms with van der Waals surface area (Å²) in [6.45, 7) is 1.05. The summed E-state index contributed by atoms with van der Waals surface area (Å²) in [5.74, 6) is 0.306. The smallest absolute Gasteiger partial charge is 0.179 e. The Morgan fingerprint density at radius 2 is 1.81 bits per heavy atom. The van der Waals surface area contributed by atoms with E-state index in [9.17, 15) is 12.8 Å². The lowest BCUT2D eigenvalue weighted by Gasteiger charge is -2.30. The van der Waals surface area contributed by atoms with Gasteiger partial charge >= 0.3 is 0 Å². The van der Waals surface area contributed by atoms with Crippen molar-refractivity contribution in [3.63, 3.8) is 0 Å². The van der Waals surface area contributed by atoms with E-state index in [0.29, 0.717) is 81.0 Å². The van der Waals surface area contributed by atoms with Crippen molar-refractivity contribution in [2.75, 3.05) is 24.2 Å². The van der Waals surface area contributed by atoms with Gasteiger partial charge in [0, 0.05) is 35.7 Å². The molecule has 0 spiro atoms. The van der Waals surface area contributed by atoms with Crippen LogP contribution in [0.15, 0.2) is 113 Å². The summed E-state index contributed by atoms with van der Waals surface area (Å²) in [5, 5.41) is 7.14. The lowest BCUT2D eigenvalue weighted by Crippen LogP contribution is -2.29. The predicted molar refractivity (Wildman–Crippen MR) is 185 cm³/mol. The van der Waals surface area contributed by atoms with Crippen LogP contribution in [0, 0.1) is 11.6 Å². The van der Waals surface area contributed by atoms with Crippen molar-refractivity contribution < 1.29 is 26.7 Å². The topological polar surface area (TPSA) is 102 Å². The maximum absolute atomic E-state index is 15.7. The van der Waals surface area contributed by atoms with Crippen LogP contribution in [0.1, 0.15) is 30.4 Å². The van der Waals surface area contributed by atoms with Gasteiger partial charge in [0.25, 0.3) is 0 Å². The second-order valence-corrected chi connectivity index (χ2v) is 14.4. The number of ether oxygens (including phenoxy) is 2. The van der Waals surface area contributed by atoms with Gasteiger partial charge in [-0.3, -0.25) is 0 Å². The number of benzene rings is 4. The van der Waals surface area contributed by atoms with Gasteiger partial charge in [0.1, 0.15) is 41.7 Å². The molecule has 0 radical (unpaired) electrons. The van der Waals surface area contributed by atoms with E-state index >= 15 is 4.39 Å². The highest BCUT2D eigenvalue weighted by molar-refractivity contribution is 9.10. The first kappa shape index (κ1) is 33.5. The van der Waals surface area contributed by atoms with Crippen molar-refractivity contribution in [1.82, 2.24) is 15.3 Å². The van der Waals surface area contributed by atoms with Crippen molar-refractivity contribution in [3.8, 4) is 5.75 Å². The number of fused-ring (bicyclic) bond motifs is 1. The molecular weight excluding hydrogens is 702 g/mol. The number of anilines is 2. The molecule has 4 aromatic carbocycles. The highest BCUT2D eigenvalue weighted by atomic mass is 79.9. The van der Waals surface area contributed by atoms with Crippen LogP contribution in [-0.2, 0) is 26.8 Å². The number of rotatable bonds is 14. The van der Waals surface area contributed by atoms with E-state index in [0.717, 1.165) is 0 Å². The average Bonchev–Trinajstić information content (AvgIpc) is 3.56. The summed E-state index contributed by atoms with van der Waals surface area (Å²) in [4.78, 5) is 9.06. The number of hydrogen-bond donors (Lipinski definition) is 2. The van der Waals surface area contributed by atoms with E-state index in [-0.39, 0.29) is 18.2 Å². The standard InChI is InChI=1S/C36H33BrF2N4O4S/c37-31-20-27(11-12-34(31)46-23-25-7-4-8-26(38)19-25)43-35-29-21-30(32(39)22-33(29)41-24-42-35)36(14-6-17-47-36)13-5-15-40-16-18-48(44,45)28-9-2-1-3-10-28/h1-4,6-12,17,19-22,24,40H,5,13-16,18,23H2,(H,41,42,43). The Labute approximate surface area is 286 Å². The summed E-state index contributed by atoms with van der Waals surface area (Å²) in [5.41, 5.74) is 1.33. The predicted octanol–water partition coefficient (Wildman–Crippen LogP) is 7.97. The van der Waals surface area contributed by atoms with Crippen molar-refractivity contribution in [1.29, 1.82) is 0 Å². The van der Waals surface area contributed by atoms with Crippen LogP contribution in [0.3, 0.4) is 0 Å². The van der Waals surface area contributed by atoms with Crippen LogP contribution in [0.2, 0.25) is 0 Å². The van der Waals surface area contributed by atoms with Crippen LogP contribution >= 0.6 is 15.9 Å². The Hall–Kier alpha value is -4.39. The molecule has 48 heavy (non-hydrogen) atoms. The Balaban J connectivity index is 1.13. The first-order valence-corrected chi connectivity index (χ1v) is 17.9. The van der Waals surface area contributed by atoms with E-state index in [1.165, 1.54) is 24.5 Å². The molecule has 248 valence electrons. The van der Waals surface area contributed by atoms with Crippen LogP contribution < -0.4 is 15.4 Å². The van der Waals surface area contributed by atoms with Crippen molar-refractivity contribution >= 4 is 48.2 Å². The number of sulfone groups is 1. The minimum absolute atomic E-state index is 0.0173. The van der Waals surface area contributed by atoms with Crippen molar-refractivity contribution in [2.45, 2.75) is 36.4 Å². The van der Waals surface area contributed by atoms with Crippen molar-refractivity contribution in [3.05, 3.63) is 131 Å². The van der Waals surface area contributed by atoms with E-state index in [1.54, 1.807) is 60.9 Å². The van der Waals surface area contributed by atoms with E-state index in [2.05, 4.69) is 36.5 Å². The molecule has 2 N–H and O–H groups in total. The molecule has 5 aromatic rings. The Bertz CT molecular complexity index is 2040. The maximum atomic E-state index is 15.7. The lowest BCUT2D eigenvalue weighted by atomic mass is 9.85. The number of halogens is 3. The van der Waals surface area contributed by atoms with Gasteiger partial charge in [-0.05, 0) is 95.5 Å². The fourth-order valence-electron chi connectivity index (χ4n) is 5.66. The largest absolute Gasteiger partial charge is 0.490 e. The molecular formula is C36H33BrF2N4O4S. The van der Waals surface area contributed by atoms with Gasteiger partial charge in [-0.2, -0.15) is 0 Å². The summed E-state index contributed by atoms with van der Waals surface area (Å²) in [6.07, 6.45) is 6.46. The van der Waals surface area contributed by atoms with E-state index in [4.69, 9.17) is 9.47 Å². The highest BCUT2D eigenvalue weighted by Crippen LogP contribution is 2.42. The fraction of sp³-hybridized carbons (Fsp3) is 0.222. The van der Waals surface area contributed by atoms with Crippen molar-refractivity contribution in [2.24, 2.45) is 0 Å². The average molecular weight is 736 g/mol. The van der Waals surface area contributed by atoms with E-state index in [1.807, 2.05) is 18.2 Å². The van der Waals surface area contributed by atoms with Crippen LogP contribution in [0.5, 0.6) is 5.75 Å². The molecule has 6 rings (SSSR count). The Kier molecular flexibility index (Phi) is 10.3. The zero-order valence-electron chi connectivity index (χ0n) is 25.8. The number of aromatic nitrogens is 2. The molecule has 0 bridgehead atoms. The van der Waals surface area contributed by atoms with Gasteiger partial charge in [0.05, 0.1) is 26.9 Å². The Morgan fingerprint density at radius 3 is 2.58 bits per heavy atom. The minimum Gasteiger partial charge on any atom is -0.490 e. The molecule has 1 unspecified atom stereocenters. The van der Waals surface area contributed by atoms with Gasteiger partial charge in [0.15, 0.2) is 9.84 Å². The van der Waals surface area contributed by atoms with Crippen LogP contribution in [0.4, 0.5) is 20.3 Å². The maximum Gasteiger partial charge on any atom is 0.179 e. The molecule has 1 atom stereocenters. The van der Waals surface area contributed by atoms with Gasteiger partial charge in [-0.25, -0.2) is 27.2 Å². The molecule has 1 aliphatic rings. The quantitative estimate of drug-likeness (QED) is 0.111. The molecule has 0 aliphatic carbocycles. The van der Waals surface area contributed by atoms with Gasteiger partial charge < -0.3 is 20.1 Å². The van der Waals surface area contributed by atoms with Gasteiger partial charge in [-0.15, -0.1) is 0 Å². The molecule has 12 heteroatoms. The highest BCUT2D eigenvalue weighted by Gasteiger charge is 2.38. The molecule has 0 fully saturated rings. The Morgan fingerprint density at radius 1 is 0.958 bits per heavy atom. The SMILES string of the molecule is O=S(=O)(CCNCCCC1(c2cc3c(Nc4ccc(OCc5cccc(F)c5)c(Br)c4)ncnc3cc2F)CC=CO1)c1ccccc1. The number of nitrogens with zero attached hydrogens (tertiary/aromatic N) is 2. The molecule has 1 aromatic heterocycles.